The predicted molar refractivity (Wildman–Crippen MR) is 64.3 cm³/mol. The third-order valence-electron chi connectivity index (χ3n) is 2.48. The smallest absolute Gasteiger partial charge is 0.356 e. The second-order valence-electron chi connectivity index (χ2n) is 3.37. The average molecular weight is 258 g/mol. The first kappa shape index (κ1) is 11.3. The fourth-order valence-corrected chi connectivity index (χ4v) is 2.22. The van der Waals surface area contributed by atoms with Gasteiger partial charge >= 0.3 is 5.97 Å². The number of fused-ring (bicyclic) bond motifs is 1. The second kappa shape index (κ2) is 4.00. The predicted octanol–water partition coefficient (Wildman–Crippen LogP) is 3.27. The van der Waals surface area contributed by atoms with E-state index >= 15 is 0 Å². The molecule has 0 radical (unpaired) electrons. The number of aromatic nitrogens is 1. The standard InChI is InChI=1S/C11H9Cl2NO2/c1-14-8-4-3-6(12)5-7(8)9(13)10(14)11(15)16-2/h3-5H,1-2H3. The van der Waals surface area contributed by atoms with Crippen molar-refractivity contribution in [3.8, 4) is 0 Å². The minimum atomic E-state index is -0.458. The molecule has 3 nitrogen and oxygen atoms in total. The van der Waals surface area contributed by atoms with Gasteiger partial charge in [-0.2, -0.15) is 0 Å². The van der Waals surface area contributed by atoms with Crippen molar-refractivity contribution in [3.63, 3.8) is 0 Å². The van der Waals surface area contributed by atoms with E-state index in [-0.39, 0.29) is 0 Å². The third kappa shape index (κ3) is 1.56. The van der Waals surface area contributed by atoms with Gasteiger partial charge in [0.2, 0.25) is 0 Å². The van der Waals surface area contributed by atoms with Crippen LogP contribution in [-0.4, -0.2) is 17.6 Å². The van der Waals surface area contributed by atoms with Gasteiger partial charge in [0, 0.05) is 17.5 Å². The molecule has 16 heavy (non-hydrogen) atoms. The molecule has 0 fully saturated rings. The maximum Gasteiger partial charge on any atom is 0.356 e. The van der Waals surface area contributed by atoms with Crippen LogP contribution in [-0.2, 0) is 11.8 Å². The van der Waals surface area contributed by atoms with Crippen LogP contribution in [0.1, 0.15) is 10.5 Å². The molecule has 5 heteroatoms. The van der Waals surface area contributed by atoms with Gasteiger partial charge in [0.25, 0.3) is 0 Å². The van der Waals surface area contributed by atoms with Crippen molar-refractivity contribution >= 4 is 40.1 Å². The number of nitrogens with zero attached hydrogens (tertiary/aromatic N) is 1. The Kier molecular flexibility index (Phi) is 2.82. The van der Waals surface area contributed by atoms with E-state index in [4.69, 9.17) is 23.2 Å². The third-order valence-corrected chi connectivity index (χ3v) is 3.10. The molecule has 1 aromatic carbocycles. The first-order chi connectivity index (χ1) is 7.56. The molecule has 1 heterocycles. The number of hydrogen-bond acceptors (Lipinski definition) is 2. The second-order valence-corrected chi connectivity index (χ2v) is 4.19. The van der Waals surface area contributed by atoms with Gasteiger partial charge < -0.3 is 9.30 Å². The Morgan fingerprint density at radius 3 is 2.69 bits per heavy atom. The van der Waals surface area contributed by atoms with Gasteiger partial charge in [-0.05, 0) is 18.2 Å². The number of rotatable bonds is 1. The minimum absolute atomic E-state index is 0.335. The summed E-state index contributed by atoms with van der Waals surface area (Å²) in [5, 5.41) is 1.69. The van der Waals surface area contributed by atoms with Crippen molar-refractivity contribution in [1.82, 2.24) is 4.57 Å². The summed E-state index contributed by atoms with van der Waals surface area (Å²) in [7, 11) is 3.08. The van der Waals surface area contributed by atoms with Crippen molar-refractivity contribution in [1.29, 1.82) is 0 Å². The molecule has 2 rings (SSSR count). The lowest BCUT2D eigenvalue weighted by molar-refractivity contribution is 0.0590. The highest BCUT2D eigenvalue weighted by molar-refractivity contribution is 6.39. The highest BCUT2D eigenvalue weighted by atomic mass is 35.5. The van der Waals surface area contributed by atoms with Gasteiger partial charge in [-0.25, -0.2) is 4.79 Å². The van der Waals surface area contributed by atoms with Crippen LogP contribution < -0.4 is 0 Å². The number of methoxy groups -OCH3 is 1. The summed E-state index contributed by atoms with van der Waals surface area (Å²) in [4.78, 5) is 11.5. The zero-order valence-electron chi connectivity index (χ0n) is 8.75. The molecule has 0 aliphatic heterocycles. The molecule has 0 unspecified atom stereocenters. The van der Waals surface area contributed by atoms with E-state index in [9.17, 15) is 4.79 Å². The molecule has 0 saturated carbocycles. The van der Waals surface area contributed by atoms with Crippen molar-refractivity contribution in [3.05, 3.63) is 33.9 Å². The Balaban J connectivity index is 2.81. The maximum absolute atomic E-state index is 11.5. The first-order valence-electron chi connectivity index (χ1n) is 4.58. The number of hydrogen-bond donors (Lipinski definition) is 0. The molecule has 0 atom stereocenters. The highest BCUT2D eigenvalue weighted by Crippen LogP contribution is 2.32. The Bertz CT molecular complexity index is 575. The van der Waals surface area contributed by atoms with Gasteiger partial charge in [-0.1, -0.05) is 23.2 Å². The topological polar surface area (TPSA) is 31.2 Å². The van der Waals surface area contributed by atoms with E-state index in [1.807, 2.05) is 6.07 Å². The summed E-state index contributed by atoms with van der Waals surface area (Å²) in [6.07, 6.45) is 0. The molecule has 84 valence electrons. The molecular formula is C11H9Cl2NO2. The molecule has 0 N–H and O–H groups in total. The van der Waals surface area contributed by atoms with Crippen LogP contribution in [0.25, 0.3) is 10.9 Å². The molecule has 0 spiro atoms. The fraction of sp³-hybridized carbons (Fsp3) is 0.182. The van der Waals surface area contributed by atoms with Gasteiger partial charge in [-0.15, -0.1) is 0 Å². The molecule has 0 saturated heterocycles. The molecule has 0 aliphatic rings. The van der Waals surface area contributed by atoms with Gasteiger partial charge in [0.1, 0.15) is 5.69 Å². The molecule has 0 aliphatic carbocycles. The summed E-state index contributed by atoms with van der Waals surface area (Å²) in [6, 6.07) is 5.29. The number of ether oxygens (including phenoxy) is 1. The van der Waals surface area contributed by atoms with E-state index in [0.29, 0.717) is 15.7 Å². The Morgan fingerprint density at radius 1 is 1.38 bits per heavy atom. The van der Waals surface area contributed by atoms with E-state index in [1.165, 1.54) is 7.11 Å². The maximum atomic E-state index is 11.5. The average Bonchev–Trinajstić information content (AvgIpc) is 2.51. The Morgan fingerprint density at radius 2 is 2.06 bits per heavy atom. The van der Waals surface area contributed by atoms with E-state index < -0.39 is 5.97 Å². The molecule has 2 aromatic rings. The minimum Gasteiger partial charge on any atom is -0.464 e. The van der Waals surface area contributed by atoms with Crippen molar-refractivity contribution < 1.29 is 9.53 Å². The number of aryl methyl sites for hydroxylation is 1. The zero-order valence-corrected chi connectivity index (χ0v) is 10.3. The lowest BCUT2D eigenvalue weighted by atomic mass is 10.2. The number of carbonyl (C=O) groups is 1. The molecule has 0 amide bonds. The number of benzene rings is 1. The number of esters is 1. The van der Waals surface area contributed by atoms with E-state index in [1.54, 1.807) is 23.7 Å². The molecule has 1 aromatic heterocycles. The fourth-order valence-electron chi connectivity index (χ4n) is 1.70. The normalized spacial score (nSPS) is 10.8. The SMILES string of the molecule is COC(=O)c1c(Cl)c2cc(Cl)ccc2n1C. The first-order valence-corrected chi connectivity index (χ1v) is 5.33. The Labute approximate surface area is 103 Å². The zero-order chi connectivity index (χ0) is 11.9. The van der Waals surface area contributed by atoms with Gasteiger partial charge in [0.15, 0.2) is 0 Å². The number of carbonyl (C=O) groups excluding carboxylic acids is 1. The quantitative estimate of drug-likeness (QED) is 0.735. The summed E-state index contributed by atoms with van der Waals surface area (Å²) < 4.78 is 6.37. The van der Waals surface area contributed by atoms with Crippen LogP contribution in [0.2, 0.25) is 10.0 Å². The summed E-state index contributed by atoms with van der Waals surface area (Å²) >= 11 is 12.0. The van der Waals surface area contributed by atoms with Crippen LogP contribution in [0.4, 0.5) is 0 Å². The van der Waals surface area contributed by atoms with Crippen LogP contribution in [0.5, 0.6) is 0 Å². The van der Waals surface area contributed by atoms with Crippen LogP contribution >= 0.6 is 23.2 Å². The molecular weight excluding hydrogens is 249 g/mol. The Hall–Kier alpha value is -1.19. The lowest BCUT2D eigenvalue weighted by Gasteiger charge is -2.01. The van der Waals surface area contributed by atoms with Crippen molar-refractivity contribution in [2.45, 2.75) is 0 Å². The van der Waals surface area contributed by atoms with Crippen LogP contribution in [0, 0.1) is 0 Å². The van der Waals surface area contributed by atoms with E-state index in [2.05, 4.69) is 4.74 Å². The lowest BCUT2D eigenvalue weighted by Crippen LogP contribution is -2.07. The van der Waals surface area contributed by atoms with Crippen LogP contribution in [0.3, 0.4) is 0 Å². The summed E-state index contributed by atoms with van der Waals surface area (Å²) in [6.45, 7) is 0. The van der Waals surface area contributed by atoms with Crippen LogP contribution in [0.15, 0.2) is 18.2 Å². The monoisotopic (exact) mass is 257 g/mol. The van der Waals surface area contributed by atoms with Crippen molar-refractivity contribution in [2.75, 3.05) is 7.11 Å². The number of halogens is 2. The van der Waals surface area contributed by atoms with Crippen molar-refractivity contribution in [2.24, 2.45) is 7.05 Å². The summed E-state index contributed by atoms with van der Waals surface area (Å²) in [5.41, 5.74) is 1.18. The summed E-state index contributed by atoms with van der Waals surface area (Å²) in [5.74, 6) is -0.458. The van der Waals surface area contributed by atoms with Gasteiger partial charge in [-0.3, -0.25) is 0 Å². The van der Waals surface area contributed by atoms with E-state index in [0.717, 1.165) is 10.9 Å². The largest absolute Gasteiger partial charge is 0.464 e. The van der Waals surface area contributed by atoms with Gasteiger partial charge in [0.05, 0.1) is 17.6 Å². The molecule has 0 bridgehead atoms. The highest BCUT2D eigenvalue weighted by Gasteiger charge is 2.20.